The number of carbonyl (C=O) groups is 16. The fraction of sp³-hybridized carbons (Fsp3) is 0.478. The van der Waals surface area contributed by atoms with Gasteiger partial charge in [-0.25, -0.2) is 9.78 Å². The van der Waals surface area contributed by atoms with Crippen LogP contribution in [0.5, 0.6) is 5.75 Å². The van der Waals surface area contributed by atoms with Gasteiger partial charge >= 0.3 is 6.03 Å². The molecule has 0 spiro atoms. The standard InChI is InChI=1S/C90H121N23O17S2/c1-51(103-85(125)68(40-55-43-96-62-22-9-7-20-59(55)62)109-88(128)72-26-17-36-113(72)89(129)70(42-57-45-94-50-101-57)110-87(127)69(41-56-44-97-63-23-10-8-21-60(56)63)108-82(122)61(92)38-53-18-5-4-6-19-53)80(120)105-66(33-37-131-3)84(124)102-52(2)81(121)107-67(39-54-29-31-58(114)32-30-54)86(126)106-65(25-13-15-34-91)83(123)100-47-76(117)98-46-75(116)99-48-77(118)104-64(79(93)119)24-14-16-35-95-74(115)28-12-11-27-73-78-71(49-132-73)111-90(130)112-78/h4-10,18-23,29-32,43-45,50-52,61,64-73,78,96-97,114H,11-17,24-28,33-42,46-49,91-92H2,1-3H3,(H2,93,119)(H,94,101)(H,95,115)(H,98,117)(H,99,116)(H,100,123)(H,102,124)(H,103,125)(H,104,118)(H,105,120)(H,106,126)(H,107,121)(H,108,122)(H,109,128)(H,110,127)(H2,111,112,130)/t51-,52-,61-,64-,65-,66-,67-,68-,69-,70-,71-,72-,73-,78-/m0/s1. The normalized spacial score (nSPS) is 17.2. The maximum absolute atomic E-state index is 15.2. The number of H-pyrrole nitrogens is 3. The van der Waals surface area contributed by atoms with Crippen LogP contribution in [0.4, 0.5) is 4.79 Å². The second kappa shape index (κ2) is 50.9. The Kier molecular flexibility index (Phi) is 39.0. The molecule has 0 aliphatic carbocycles. The SMILES string of the molecule is CSCC[C@H](NC(=O)[C@H](C)NC(=O)[C@H](Cc1c[nH]c2ccccc12)NC(=O)[C@@H]1CCCN1C(=O)[C@H](Cc1c[nH]cn1)NC(=O)[C@H](Cc1c[nH]c2ccccc12)NC(=O)[C@@H](N)Cc1ccccc1)C(=O)N[C@@H](C)C(=O)N[C@@H](Cc1ccc(O)cc1)C(=O)N[C@@H](CCCCN)C(=O)NCC(=O)NCC(=O)NCC(=O)N[C@@H](CCCCNC(=O)CCCC[C@@H]1SC[C@@H]2NC(=O)N[C@@H]21)C(N)=O. The predicted molar refractivity (Wildman–Crippen MR) is 495 cm³/mol. The van der Waals surface area contributed by atoms with Crippen LogP contribution in [0, 0.1) is 0 Å². The number of urea groups is 1. The van der Waals surface area contributed by atoms with E-state index in [4.69, 9.17) is 17.2 Å². The molecule has 17 amide bonds. The zero-order valence-corrected chi connectivity index (χ0v) is 75.6. The monoisotopic (exact) mass is 1860 g/mol. The number of carbonyl (C=O) groups excluding carboxylic acids is 16. The van der Waals surface area contributed by atoms with Gasteiger partial charge in [-0.1, -0.05) is 85.3 Å². The van der Waals surface area contributed by atoms with E-state index < -0.39 is 169 Å². The number of hydrogen-bond donors (Lipinski definition) is 22. The Morgan fingerprint density at radius 3 is 1.72 bits per heavy atom. The van der Waals surface area contributed by atoms with Crippen LogP contribution in [0.2, 0.25) is 0 Å². The number of thioether (sulfide) groups is 2. The molecule has 25 N–H and O–H groups in total. The molecule has 0 saturated carbocycles. The molecular weight excluding hydrogens is 1740 g/mol. The van der Waals surface area contributed by atoms with E-state index in [-0.39, 0.29) is 101 Å². The lowest BCUT2D eigenvalue weighted by atomic mass is 10.0. The third-order valence-electron chi connectivity index (χ3n) is 23.2. The van der Waals surface area contributed by atoms with Crippen molar-refractivity contribution < 1.29 is 81.8 Å². The maximum Gasteiger partial charge on any atom is 0.315 e. The van der Waals surface area contributed by atoms with E-state index in [9.17, 15) is 77.0 Å². The highest BCUT2D eigenvalue weighted by Gasteiger charge is 2.44. The number of amides is 17. The quantitative estimate of drug-likeness (QED) is 0.0161. The zero-order valence-electron chi connectivity index (χ0n) is 74.0. The summed E-state index contributed by atoms with van der Waals surface area (Å²) in [4.78, 5) is 235. The summed E-state index contributed by atoms with van der Waals surface area (Å²) in [5, 5.41) is 52.2. The highest BCUT2D eigenvalue weighted by molar-refractivity contribution is 8.00. The molecule has 40 nitrogen and oxygen atoms in total. The molecule has 3 aliphatic rings. The van der Waals surface area contributed by atoms with Gasteiger partial charge in [-0.3, -0.25) is 71.9 Å². The van der Waals surface area contributed by atoms with Crippen LogP contribution in [0.1, 0.15) is 125 Å². The minimum Gasteiger partial charge on any atom is -0.508 e. The van der Waals surface area contributed by atoms with Gasteiger partial charge in [0.2, 0.25) is 88.6 Å². The highest BCUT2D eigenvalue weighted by Crippen LogP contribution is 2.34. The average molecular weight is 1860 g/mol. The number of benzene rings is 4. The molecule has 3 aliphatic heterocycles. The minimum absolute atomic E-state index is 0.00184. The molecule has 132 heavy (non-hydrogen) atoms. The van der Waals surface area contributed by atoms with Crippen molar-refractivity contribution in [1.29, 1.82) is 0 Å². The fourth-order valence-electron chi connectivity index (χ4n) is 15.9. The molecule has 6 heterocycles. The first-order valence-electron chi connectivity index (χ1n) is 44.4. The van der Waals surface area contributed by atoms with Crippen LogP contribution < -0.4 is 97.0 Å². The average Bonchev–Trinajstić information content (AvgIpc) is 1.64. The number of aromatic amines is 3. The number of rotatable bonds is 53. The number of fused-ring (bicyclic) bond motifs is 3. The molecule has 3 fully saturated rings. The van der Waals surface area contributed by atoms with Gasteiger partial charge in [0.15, 0.2) is 0 Å². The molecule has 710 valence electrons. The summed E-state index contributed by atoms with van der Waals surface area (Å²) in [6.45, 7) is 1.40. The number of aromatic hydroxyl groups is 1. The Balaban J connectivity index is 0.715. The van der Waals surface area contributed by atoms with Gasteiger partial charge in [0, 0.05) is 96.6 Å². The van der Waals surface area contributed by atoms with Crippen molar-refractivity contribution >= 4 is 140 Å². The second-order valence-corrected chi connectivity index (χ2v) is 35.4. The Morgan fingerprint density at radius 1 is 0.530 bits per heavy atom. The number of hydrogen-bond acceptors (Lipinski definition) is 22. The number of likely N-dealkylation sites (tertiary alicyclic amines) is 1. The van der Waals surface area contributed by atoms with Gasteiger partial charge in [-0.05, 0) is 156 Å². The Morgan fingerprint density at radius 2 is 1.08 bits per heavy atom. The lowest BCUT2D eigenvalue weighted by molar-refractivity contribution is -0.142. The zero-order chi connectivity index (χ0) is 94.8. The first-order chi connectivity index (χ1) is 63.5. The van der Waals surface area contributed by atoms with Crippen LogP contribution in [0.3, 0.4) is 0 Å². The molecule has 42 heteroatoms. The number of para-hydroxylation sites is 2. The number of primary amides is 1. The molecular formula is C90H121N23O17S2. The number of nitrogens with one attached hydrogen (secondary N) is 18. The first kappa shape index (κ1) is 101. The lowest BCUT2D eigenvalue weighted by Gasteiger charge is -2.31. The van der Waals surface area contributed by atoms with Crippen LogP contribution in [-0.4, -0.2) is 265 Å². The number of aromatic nitrogens is 4. The van der Waals surface area contributed by atoms with Crippen molar-refractivity contribution in [1.82, 2.24) is 105 Å². The Labute approximate surface area is 771 Å². The third kappa shape index (κ3) is 30.8. The van der Waals surface area contributed by atoms with Gasteiger partial charge in [-0.2, -0.15) is 23.5 Å². The van der Waals surface area contributed by atoms with E-state index in [1.807, 2.05) is 84.6 Å². The van der Waals surface area contributed by atoms with E-state index in [0.29, 0.717) is 84.9 Å². The Bertz CT molecular complexity index is 5140. The molecule has 3 aromatic heterocycles. The van der Waals surface area contributed by atoms with Crippen LogP contribution >= 0.6 is 23.5 Å². The molecule has 3 saturated heterocycles. The highest BCUT2D eigenvalue weighted by atomic mass is 32.2. The summed E-state index contributed by atoms with van der Waals surface area (Å²) < 4.78 is 0. The maximum atomic E-state index is 15.2. The summed E-state index contributed by atoms with van der Waals surface area (Å²) in [6, 6.07) is 15.4. The summed E-state index contributed by atoms with van der Waals surface area (Å²) in [5.74, 6) is -10.1. The van der Waals surface area contributed by atoms with Crippen molar-refractivity contribution in [3.05, 3.63) is 156 Å². The summed E-state index contributed by atoms with van der Waals surface area (Å²) in [6.07, 6.45) is 12.9. The minimum atomic E-state index is -1.46. The first-order valence-corrected chi connectivity index (χ1v) is 46.9. The third-order valence-corrected chi connectivity index (χ3v) is 25.3. The van der Waals surface area contributed by atoms with Crippen molar-refractivity contribution in [2.45, 2.75) is 213 Å². The summed E-state index contributed by atoms with van der Waals surface area (Å²) in [7, 11) is 0. The summed E-state index contributed by atoms with van der Waals surface area (Å²) in [5.41, 5.74) is 22.3. The molecule has 0 bridgehead atoms. The number of nitrogens with zero attached hydrogens (tertiary/aromatic N) is 2. The van der Waals surface area contributed by atoms with Crippen LogP contribution in [0.15, 0.2) is 128 Å². The summed E-state index contributed by atoms with van der Waals surface area (Å²) >= 11 is 3.16. The van der Waals surface area contributed by atoms with Crippen molar-refractivity contribution in [3.63, 3.8) is 0 Å². The predicted octanol–water partition coefficient (Wildman–Crippen LogP) is -0.959. The number of unbranched alkanes of at least 4 members (excludes halogenated alkanes) is 3. The van der Waals surface area contributed by atoms with E-state index in [1.54, 1.807) is 30.9 Å². The topological polar surface area (TPSA) is 615 Å². The molecule has 0 unspecified atom stereocenters. The van der Waals surface area contributed by atoms with E-state index in [0.717, 1.165) is 46.0 Å². The number of imidazole rings is 1. The molecule has 4 aromatic carbocycles. The number of phenolic OH excluding ortho intramolecular Hbond substituents is 1. The smallest absolute Gasteiger partial charge is 0.315 e. The van der Waals surface area contributed by atoms with Gasteiger partial charge in [0.25, 0.3) is 0 Å². The van der Waals surface area contributed by atoms with Crippen molar-refractivity contribution in [2.75, 3.05) is 57.0 Å². The van der Waals surface area contributed by atoms with Gasteiger partial charge in [-0.15, -0.1) is 0 Å². The molecule has 7 aromatic rings. The van der Waals surface area contributed by atoms with Gasteiger partial charge in [0.1, 0.15) is 66.2 Å². The Hall–Kier alpha value is -13.1. The van der Waals surface area contributed by atoms with Crippen molar-refractivity contribution in [2.24, 2.45) is 17.2 Å². The number of phenols is 1. The fourth-order valence-corrected chi connectivity index (χ4v) is 17.9. The molecule has 10 rings (SSSR count). The van der Waals surface area contributed by atoms with E-state index in [1.165, 1.54) is 61.1 Å². The second-order valence-electron chi connectivity index (χ2n) is 33.1. The van der Waals surface area contributed by atoms with Gasteiger partial charge < -0.3 is 122 Å². The van der Waals surface area contributed by atoms with Crippen LogP contribution in [-0.2, 0) is 104 Å². The van der Waals surface area contributed by atoms with Crippen molar-refractivity contribution in [3.8, 4) is 5.75 Å². The van der Waals surface area contributed by atoms with E-state index in [2.05, 4.69) is 99.7 Å². The molecule has 0 radical (unpaired) electrons. The molecule has 14 atom stereocenters. The van der Waals surface area contributed by atoms with Crippen LogP contribution in [0.25, 0.3) is 21.8 Å². The largest absolute Gasteiger partial charge is 0.508 e. The van der Waals surface area contributed by atoms with E-state index >= 15 is 4.79 Å². The van der Waals surface area contributed by atoms with Gasteiger partial charge in [0.05, 0.1) is 49.8 Å². The lowest BCUT2D eigenvalue weighted by Crippen LogP contribution is -2.60. The number of nitrogens with two attached hydrogens (primary N) is 3.